The van der Waals surface area contributed by atoms with E-state index in [4.69, 9.17) is 0 Å². The normalized spacial score (nSPS) is 11.4. The highest BCUT2D eigenvalue weighted by Gasteiger charge is 2.19. The number of hydrogen-bond acceptors (Lipinski definition) is 3. The average Bonchev–Trinajstić information content (AvgIpc) is 2.18. The molecule has 0 fully saturated rings. The van der Waals surface area contributed by atoms with Gasteiger partial charge in [-0.25, -0.2) is 9.97 Å². The Kier molecular flexibility index (Phi) is 3.44. The lowest BCUT2D eigenvalue weighted by Crippen LogP contribution is -2.33. The van der Waals surface area contributed by atoms with Crippen molar-refractivity contribution < 1.29 is 0 Å². The van der Waals surface area contributed by atoms with Gasteiger partial charge in [0.1, 0.15) is 12.1 Å². The van der Waals surface area contributed by atoms with Crippen LogP contribution in [0.15, 0.2) is 12.4 Å². The Morgan fingerprint density at radius 1 is 1.29 bits per heavy atom. The number of hydrogen-bond donors (Lipinski definition) is 1. The van der Waals surface area contributed by atoms with Gasteiger partial charge >= 0.3 is 0 Å². The van der Waals surface area contributed by atoms with E-state index >= 15 is 0 Å². The van der Waals surface area contributed by atoms with E-state index in [0.29, 0.717) is 0 Å². The molecular weight excluding hydrogens is 174 g/mol. The SMILES string of the molecule is CCC(C)(CC)Nc1cc(C)ncn1. The van der Waals surface area contributed by atoms with E-state index < -0.39 is 0 Å². The highest BCUT2D eigenvalue weighted by atomic mass is 15.1. The molecule has 0 aliphatic rings. The third kappa shape index (κ3) is 2.69. The van der Waals surface area contributed by atoms with Crippen molar-refractivity contribution in [1.29, 1.82) is 0 Å². The van der Waals surface area contributed by atoms with Crippen molar-refractivity contribution in [3.63, 3.8) is 0 Å². The molecule has 0 aliphatic carbocycles. The van der Waals surface area contributed by atoms with Crippen LogP contribution in [0.1, 0.15) is 39.3 Å². The van der Waals surface area contributed by atoms with Crippen molar-refractivity contribution in [3.8, 4) is 0 Å². The van der Waals surface area contributed by atoms with Gasteiger partial charge in [0, 0.05) is 17.3 Å². The summed E-state index contributed by atoms with van der Waals surface area (Å²) in [6, 6.07) is 1.98. The Bertz CT molecular complexity index is 292. The Labute approximate surface area is 86.0 Å². The van der Waals surface area contributed by atoms with E-state index in [-0.39, 0.29) is 5.54 Å². The van der Waals surface area contributed by atoms with Crippen LogP contribution in [0.5, 0.6) is 0 Å². The predicted molar refractivity (Wildman–Crippen MR) is 59.4 cm³/mol. The number of nitrogens with zero attached hydrogens (tertiary/aromatic N) is 2. The molecular formula is C11H19N3. The summed E-state index contributed by atoms with van der Waals surface area (Å²) >= 11 is 0. The first-order valence-electron chi connectivity index (χ1n) is 5.16. The van der Waals surface area contributed by atoms with Crippen molar-refractivity contribution in [2.75, 3.05) is 5.32 Å². The van der Waals surface area contributed by atoms with Crippen LogP contribution in [-0.2, 0) is 0 Å². The quantitative estimate of drug-likeness (QED) is 0.799. The lowest BCUT2D eigenvalue weighted by molar-refractivity contribution is 0.476. The molecule has 1 aromatic heterocycles. The van der Waals surface area contributed by atoms with E-state index in [1.54, 1.807) is 6.33 Å². The summed E-state index contributed by atoms with van der Waals surface area (Å²) in [7, 11) is 0. The van der Waals surface area contributed by atoms with E-state index in [1.165, 1.54) is 0 Å². The number of rotatable bonds is 4. The molecule has 0 spiro atoms. The topological polar surface area (TPSA) is 37.8 Å². The Morgan fingerprint density at radius 2 is 1.93 bits per heavy atom. The van der Waals surface area contributed by atoms with Gasteiger partial charge in [0.2, 0.25) is 0 Å². The minimum atomic E-state index is 0.140. The van der Waals surface area contributed by atoms with Gasteiger partial charge in [-0.1, -0.05) is 13.8 Å². The number of anilines is 1. The molecule has 78 valence electrons. The second-order valence-corrected chi connectivity index (χ2v) is 3.94. The molecule has 1 aromatic rings. The van der Waals surface area contributed by atoms with Crippen LogP contribution < -0.4 is 5.32 Å². The summed E-state index contributed by atoms with van der Waals surface area (Å²) in [6.45, 7) is 8.56. The van der Waals surface area contributed by atoms with Crippen molar-refractivity contribution in [1.82, 2.24) is 9.97 Å². The molecule has 0 unspecified atom stereocenters. The Balaban J connectivity index is 2.77. The number of aromatic nitrogens is 2. The van der Waals surface area contributed by atoms with Gasteiger partial charge in [-0.05, 0) is 26.7 Å². The van der Waals surface area contributed by atoms with Crippen molar-refractivity contribution >= 4 is 5.82 Å². The van der Waals surface area contributed by atoms with E-state index in [2.05, 4.69) is 36.1 Å². The van der Waals surface area contributed by atoms with E-state index in [9.17, 15) is 0 Å². The monoisotopic (exact) mass is 193 g/mol. The molecule has 1 N–H and O–H groups in total. The van der Waals surface area contributed by atoms with Crippen LogP contribution in [0.2, 0.25) is 0 Å². The molecule has 0 aromatic carbocycles. The van der Waals surface area contributed by atoms with Crippen LogP contribution in [0.3, 0.4) is 0 Å². The first kappa shape index (κ1) is 11.0. The summed E-state index contributed by atoms with van der Waals surface area (Å²) < 4.78 is 0. The van der Waals surface area contributed by atoms with Gasteiger partial charge in [-0.15, -0.1) is 0 Å². The maximum atomic E-state index is 4.20. The smallest absolute Gasteiger partial charge is 0.129 e. The summed E-state index contributed by atoms with van der Waals surface area (Å²) in [5, 5.41) is 3.44. The first-order valence-corrected chi connectivity index (χ1v) is 5.16. The minimum Gasteiger partial charge on any atom is -0.365 e. The third-order valence-corrected chi connectivity index (χ3v) is 2.79. The zero-order valence-corrected chi connectivity index (χ0v) is 9.46. The first-order chi connectivity index (χ1) is 6.59. The molecule has 0 bridgehead atoms. The molecule has 1 heterocycles. The summed E-state index contributed by atoms with van der Waals surface area (Å²) in [5.74, 6) is 0.920. The Morgan fingerprint density at radius 3 is 2.43 bits per heavy atom. The Hall–Kier alpha value is -1.12. The maximum Gasteiger partial charge on any atom is 0.129 e. The standard InChI is InChI=1S/C11H19N3/c1-5-11(4,6-2)14-10-7-9(3)12-8-13-10/h7-8H,5-6H2,1-4H3,(H,12,13,14). The minimum absolute atomic E-state index is 0.140. The van der Waals surface area contributed by atoms with E-state index in [1.807, 2.05) is 13.0 Å². The second kappa shape index (κ2) is 4.40. The van der Waals surface area contributed by atoms with Gasteiger partial charge in [0.15, 0.2) is 0 Å². The maximum absolute atomic E-state index is 4.20. The second-order valence-electron chi connectivity index (χ2n) is 3.94. The van der Waals surface area contributed by atoms with Gasteiger partial charge in [-0.3, -0.25) is 0 Å². The van der Waals surface area contributed by atoms with Crippen LogP contribution in [0.25, 0.3) is 0 Å². The lowest BCUT2D eigenvalue weighted by atomic mass is 9.96. The van der Waals surface area contributed by atoms with Gasteiger partial charge in [0.05, 0.1) is 0 Å². The molecule has 0 atom stereocenters. The fourth-order valence-electron chi connectivity index (χ4n) is 1.26. The van der Waals surface area contributed by atoms with Crippen LogP contribution in [0, 0.1) is 6.92 Å². The zero-order chi connectivity index (χ0) is 10.6. The zero-order valence-electron chi connectivity index (χ0n) is 9.46. The predicted octanol–water partition coefficient (Wildman–Crippen LogP) is 2.78. The van der Waals surface area contributed by atoms with Gasteiger partial charge < -0.3 is 5.32 Å². The summed E-state index contributed by atoms with van der Waals surface area (Å²) in [5.41, 5.74) is 1.14. The average molecular weight is 193 g/mol. The summed E-state index contributed by atoms with van der Waals surface area (Å²) in [4.78, 5) is 8.27. The fraction of sp³-hybridized carbons (Fsp3) is 0.636. The fourth-order valence-corrected chi connectivity index (χ4v) is 1.26. The summed E-state index contributed by atoms with van der Waals surface area (Å²) in [6.07, 6.45) is 3.78. The molecule has 1 rings (SSSR count). The number of aryl methyl sites for hydroxylation is 1. The van der Waals surface area contributed by atoms with Gasteiger partial charge in [-0.2, -0.15) is 0 Å². The third-order valence-electron chi connectivity index (χ3n) is 2.79. The van der Waals surface area contributed by atoms with Crippen molar-refractivity contribution in [2.45, 2.75) is 46.1 Å². The molecule has 0 saturated carbocycles. The van der Waals surface area contributed by atoms with Crippen LogP contribution in [-0.4, -0.2) is 15.5 Å². The molecule has 0 radical (unpaired) electrons. The molecule has 0 aliphatic heterocycles. The lowest BCUT2D eigenvalue weighted by Gasteiger charge is -2.28. The molecule has 14 heavy (non-hydrogen) atoms. The van der Waals surface area contributed by atoms with Crippen LogP contribution in [0.4, 0.5) is 5.82 Å². The highest BCUT2D eigenvalue weighted by molar-refractivity contribution is 5.37. The van der Waals surface area contributed by atoms with E-state index in [0.717, 1.165) is 24.4 Å². The molecule has 0 saturated heterocycles. The van der Waals surface area contributed by atoms with Crippen LogP contribution >= 0.6 is 0 Å². The molecule has 0 amide bonds. The molecule has 3 heteroatoms. The van der Waals surface area contributed by atoms with Gasteiger partial charge in [0.25, 0.3) is 0 Å². The van der Waals surface area contributed by atoms with Crippen molar-refractivity contribution in [2.24, 2.45) is 0 Å². The molecule has 3 nitrogen and oxygen atoms in total. The van der Waals surface area contributed by atoms with Crippen molar-refractivity contribution in [3.05, 3.63) is 18.1 Å². The number of nitrogens with one attached hydrogen (secondary N) is 1. The highest BCUT2D eigenvalue weighted by Crippen LogP contribution is 2.19. The largest absolute Gasteiger partial charge is 0.365 e.